The fourth-order valence-corrected chi connectivity index (χ4v) is 6.23. The zero-order valence-corrected chi connectivity index (χ0v) is 29.4. The third-order valence-electron chi connectivity index (χ3n) is 8.07. The van der Waals surface area contributed by atoms with Gasteiger partial charge < -0.3 is 14.4 Å². The van der Waals surface area contributed by atoms with E-state index in [0.29, 0.717) is 18.5 Å². The molecule has 3 aromatic rings. The molecule has 1 aliphatic heterocycles. The van der Waals surface area contributed by atoms with Gasteiger partial charge in [0.25, 0.3) is 0 Å². The first-order chi connectivity index (χ1) is 24.5. The predicted octanol–water partition coefficient (Wildman–Crippen LogP) is 10.6. The van der Waals surface area contributed by atoms with Gasteiger partial charge >= 0.3 is 12.0 Å². The lowest BCUT2D eigenvalue weighted by atomic mass is 9.94. The van der Waals surface area contributed by atoms with Gasteiger partial charge in [-0.05, 0) is 81.3 Å². The number of benzene rings is 2. The molecule has 2 heterocycles. The Labute approximate surface area is 299 Å². The number of carbonyl (C=O) groups is 1. The Balaban J connectivity index is 1.46. The average Bonchev–Trinajstić information content (AvgIpc) is 3.69. The third-order valence-corrected chi connectivity index (χ3v) is 9.08. The van der Waals surface area contributed by atoms with E-state index < -0.39 is 29.7 Å². The van der Waals surface area contributed by atoms with Crippen molar-refractivity contribution in [3.05, 3.63) is 122 Å². The molecule has 51 heavy (non-hydrogen) atoms. The molecule has 0 saturated heterocycles. The predicted molar refractivity (Wildman–Crippen MR) is 193 cm³/mol. The highest BCUT2D eigenvalue weighted by Gasteiger charge is 2.38. The van der Waals surface area contributed by atoms with Gasteiger partial charge in [0.05, 0.1) is 5.56 Å². The lowest BCUT2D eigenvalue weighted by Gasteiger charge is -2.32. The first-order valence-corrected chi connectivity index (χ1v) is 17.0. The molecule has 0 spiro atoms. The number of nitrogens with zero attached hydrogens (tertiary/aromatic N) is 4. The zero-order chi connectivity index (χ0) is 37.1. The maximum atomic E-state index is 13.6. The van der Waals surface area contributed by atoms with E-state index in [-0.39, 0.29) is 28.0 Å². The van der Waals surface area contributed by atoms with Crippen molar-refractivity contribution in [2.45, 2.75) is 58.8 Å². The van der Waals surface area contributed by atoms with Gasteiger partial charge in [0.2, 0.25) is 0 Å². The summed E-state index contributed by atoms with van der Waals surface area (Å²) in [4.78, 5) is 16.9. The Bertz CT molecular complexity index is 2020. The highest BCUT2D eigenvalue weighted by molar-refractivity contribution is 7.13. The molecule has 0 N–H and O–H groups in total. The second kappa shape index (κ2) is 17.2. The van der Waals surface area contributed by atoms with Gasteiger partial charge in [-0.25, -0.2) is 9.18 Å². The number of unbranched alkanes of at least 4 members (excludes halogenated alkanes) is 1. The van der Waals surface area contributed by atoms with Gasteiger partial charge in [0.1, 0.15) is 29.4 Å². The van der Waals surface area contributed by atoms with Crippen molar-refractivity contribution < 1.29 is 27.4 Å². The van der Waals surface area contributed by atoms with Gasteiger partial charge in [-0.3, -0.25) is 0 Å². The Morgan fingerprint density at radius 1 is 0.902 bits per heavy atom. The fourth-order valence-electron chi connectivity index (χ4n) is 5.41. The largest absolute Gasteiger partial charge is 0.480 e. The number of esters is 1. The Morgan fingerprint density at radius 3 is 2.06 bits per heavy atom. The van der Waals surface area contributed by atoms with Crippen LogP contribution in [-0.2, 0) is 9.47 Å². The summed E-state index contributed by atoms with van der Waals surface area (Å²) in [6, 6.07) is 22.2. The van der Waals surface area contributed by atoms with Crippen molar-refractivity contribution in [1.29, 1.82) is 15.8 Å². The van der Waals surface area contributed by atoms with Crippen LogP contribution in [0.5, 0.6) is 0 Å². The van der Waals surface area contributed by atoms with Gasteiger partial charge in [-0.2, -0.15) is 24.6 Å². The molecule has 0 bridgehead atoms. The normalized spacial score (nSPS) is 14.1. The lowest BCUT2D eigenvalue weighted by Crippen LogP contribution is -2.39. The molecule has 7 nitrogen and oxygen atoms in total. The van der Waals surface area contributed by atoms with Crippen molar-refractivity contribution >= 4 is 47.0 Å². The van der Waals surface area contributed by atoms with Gasteiger partial charge in [0.15, 0.2) is 23.4 Å². The van der Waals surface area contributed by atoms with Crippen LogP contribution in [0.4, 0.5) is 18.9 Å². The lowest BCUT2D eigenvalue weighted by molar-refractivity contribution is 0.0270. The molecule has 0 fully saturated rings. The molecule has 4 rings (SSSR count). The standard InChI is InChI=1S/C40H35F3N4O3S/c1-5-7-8-35(49-39(48)28-14-12-27(13-15-28)36(41)38(42)43)47(6-2)30-16-9-26(10-17-30)11-18-31-19-20-32(51-31)21-22-34-33(25-46)37(29(23-44)24-45)50-40(34,3)4/h9-22,35H,5-8H2,1-4H3/b18-11+,22-21+. The van der Waals surface area contributed by atoms with E-state index >= 15 is 0 Å². The first kappa shape index (κ1) is 38.0. The van der Waals surface area contributed by atoms with Gasteiger partial charge in [-0.1, -0.05) is 49.8 Å². The topological polar surface area (TPSA) is 110 Å². The summed E-state index contributed by atoms with van der Waals surface area (Å²) in [5.41, 5.74) is 1.24. The molecule has 260 valence electrons. The van der Waals surface area contributed by atoms with Crippen molar-refractivity contribution in [1.82, 2.24) is 0 Å². The zero-order valence-electron chi connectivity index (χ0n) is 28.5. The molecule has 1 unspecified atom stereocenters. The highest BCUT2D eigenvalue weighted by Crippen LogP contribution is 2.40. The maximum absolute atomic E-state index is 13.6. The number of rotatable bonds is 13. The minimum atomic E-state index is -2.42. The van der Waals surface area contributed by atoms with Crippen LogP contribution in [0.3, 0.4) is 0 Å². The quantitative estimate of drug-likeness (QED) is 0.0987. The third kappa shape index (κ3) is 9.25. The summed E-state index contributed by atoms with van der Waals surface area (Å²) >= 11 is 1.54. The Hall–Kier alpha value is -5.83. The molecule has 0 aliphatic carbocycles. The number of hydrogen-bond acceptors (Lipinski definition) is 8. The number of hydrogen-bond donors (Lipinski definition) is 0. The Kier molecular flexibility index (Phi) is 12.8. The summed E-state index contributed by atoms with van der Waals surface area (Å²) < 4.78 is 50.6. The van der Waals surface area contributed by atoms with Crippen LogP contribution in [0.25, 0.3) is 24.1 Å². The van der Waals surface area contributed by atoms with Crippen molar-refractivity contribution in [3.63, 3.8) is 0 Å². The van der Waals surface area contributed by atoms with Crippen molar-refractivity contribution in [2.24, 2.45) is 0 Å². The molecule has 1 aliphatic rings. The number of ether oxygens (including phenoxy) is 2. The number of thiophene rings is 1. The van der Waals surface area contributed by atoms with Crippen LogP contribution in [0.15, 0.2) is 95.3 Å². The van der Waals surface area contributed by atoms with Crippen LogP contribution < -0.4 is 4.90 Å². The van der Waals surface area contributed by atoms with E-state index in [4.69, 9.17) is 9.47 Å². The molecule has 2 aromatic carbocycles. The summed E-state index contributed by atoms with van der Waals surface area (Å²) in [5.74, 6) is -2.26. The Morgan fingerprint density at radius 2 is 1.51 bits per heavy atom. The van der Waals surface area contributed by atoms with Gasteiger partial charge in [-0.15, -0.1) is 11.3 Å². The fraction of sp³-hybridized carbons (Fsp3) is 0.250. The molecule has 1 aromatic heterocycles. The minimum absolute atomic E-state index is 0.00156. The van der Waals surface area contributed by atoms with Crippen LogP contribution in [-0.4, -0.2) is 24.3 Å². The molecule has 0 saturated carbocycles. The van der Waals surface area contributed by atoms with E-state index in [1.165, 1.54) is 12.1 Å². The molecule has 11 heteroatoms. The maximum Gasteiger partial charge on any atom is 0.340 e. The van der Waals surface area contributed by atoms with E-state index in [2.05, 4.69) is 6.07 Å². The number of halogens is 3. The SMILES string of the molecule is CCCCC(OC(=O)c1ccc(C(F)=C(F)F)cc1)N(CC)c1ccc(/C=C/c2ccc(/C=C/C3=C(C#N)C(=C(C#N)C#N)OC3(C)C)s2)cc1. The molecule has 1 atom stereocenters. The highest BCUT2D eigenvalue weighted by atomic mass is 32.1. The summed E-state index contributed by atoms with van der Waals surface area (Å²) in [5, 5.41) is 28.3. The smallest absolute Gasteiger partial charge is 0.340 e. The van der Waals surface area contributed by atoms with Crippen LogP contribution in [0.2, 0.25) is 0 Å². The van der Waals surface area contributed by atoms with Crippen molar-refractivity contribution in [3.8, 4) is 18.2 Å². The first-order valence-electron chi connectivity index (χ1n) is 16.2. The molecule has 0 amide bonds. The second-order valence-corrected chi connectivity index (χ2v) is 13.0. The monoisotopic (exact) mass is 708 g/mol. The molecular weight excluding hydrogens is 674 g/mol. The second-order valence-electron chi connectivity index (χ2n) is 11.9. The summed E-state index contributed by atoms with van der Waals surface area (Å²) in [7, 11) is 0. The summed E-state index contributed by atoms with van der Waals surface area (Å²) in [6.07, 6.45) is 6.90. The van der Waals surface area contributed by atoms with Crippen molar-refractivity contribution in [2.75, 3.05) is 11.4 Å². The van der Waals surface area contributed by atoms with E-state index in [1.807, 2.05) is 73.4 Å². The van der Waals surface area contributed by atoms with Gasteiger partial charge in [0, 0.05) is 39.5 Å². The minimum Gasteiger partial charge on any atom is -0.480 e. The molecular formula is C40H35F3N4O3S. The number of carbonyl (C=O) groups excluding carboxylic acids is 1. The van der Waals surface area contributed by atoms with E-state index in [1.54, 1.807) is 43.4 Å². The number of allylic oxidation sites excluding steroid dienone is 2. The molecule has 0 radical (unpaired) electrons. The van der Waals surface area contributed by atoms with Crippen LogP contribution in [0, 0.1) is 34.0 Å². The summed E-state index contributed by atoms with van der Waals surface area (Å²) in [6.45, 7) is 8.11. The number of anilines is 1. The van der Waals surface area contributed by atoms with E-state index in [9.17, 15) is 33.8 Å². The van der Waals surface area contributed by atoms with Crippen LogP contribution >= 0.6 is 11.3 Å². The average molecular weight is 709 g/mol. The van der Waals surface area contributed by atoms with E-state index in [0.717, 1.165) is 46.0 Å². The number of nitriles is 3. The van der Waals surface area contributed by atoms with Crippen LogP contribution in [0.1, 0.15) is 78.2 Å².